The van der Waals surface area contributed by atoms with E-state index in [1.54, 1.807) is 0 Å². The second-order valence-electron chi connectivity index (χ2n) is 4.83. The highest BCUT2D eigenvalue weighted by molar-refractivity contribution is 9.10. The Balaban J connectivity index is 2.64. The van der Waals surface area contributed by atoms with Crippen LogP contribution in [0.3, 0.4) is 0 Å². The highest BCUT2D eigenvalue weighted by Crippen LogP contribution is 2.23. The average molecular weight is 349 g/mol. The molecular weight excluding hydrogens is 330 g/mol. The third-order valence-electron chi connectivity index (χ3n) is 2.73. The molecule has 0 aliphatic rings. The fourth-order valence-corrected chi connectivity index (χ4v) is 2.22. The summed E-state index contributed by atoms with van der Waals surface area (Å²) in [4.78, 5) is 11.7. The summed E-state index contributed by atoms with van der Waals surface area (Å²) in [6.45, 7) is 4.74. The summed E-state index contributed by atoms with van der Waals surface area (Å²) < 4.78 is 5.67. The smallest absolute Gasteiger partial charge is 0.322 e. The molecule has 106 valence electrons. The van der Waals surface area contributed by atoms with Gasteiger partial charge in [0.25, 0.3) is 0 Å². The lowest BCUT2D eigenvalue weighted by atomic mass is 10.0. The van der Waals surface area contributed by atoms with E-state index >= 15 is 0 Å². The normalized spacial score (nSPS) is 12.5. The Hall–Kier alpha value is -0.580. The van der Waals surface area contributed by atoms with Crippen LogP contribution < -0.4 is 5.32 Å². The van der Waals surface area contributed by atoms with Crippen LogP contribution in [0.2, 0.25) is 5.02 Å². The maximum atomic E-state index is 11.7. The van der Waals surface area contributed by atoms with Gasteiger partial charge in [-0.1, -0.05) is 31.5 Å². The van der Waals surface area contributed by atoms with Crippen molar-refractivity contribution in [1.82, 2.24) is 5.32 Å². The van der Waals surface area contributed by atoms with Crippen molar-refractivity contribution in [2.45, 2.75) is 32.9 Å². The molecule has 0 heterocycles. The molecule has 0 amide bonds. The zero-order valence-electron chi connectivity index (χ0n) is 11.4. The summed E-state index contributed by atoms with van der Waals surface area (Å²) in [6, 6.07) is 5.46. The van der Waals surface area contributed by atoms with Gasteiger partial charge >= 0.3 is 5.97 Å². The number of ether oxygens (including phenoxy) is 1. The Labute approximate surface area is 127 Å². The first kappa shape index (κ1) is 16.5. The predicted octanol–water partition coefficient (Wildman–Crippen LogP) is 3.78. The molecule has 1 aromatic rings. The highest BCUT2D eigenvalue weighted by atomic mass is 79.9. The SMILES string of the molecule is COC(=O)C(CC(C)C)NCc1ccc(Br)c(Cl)c1. The monoisotopic (exact) mass is 347 g/mol. The number of esters is 1. The lowest BCUT2D eigenvalue weighted by Crippen LogP contribution is -2.38. The molecule has 0 aromatic heterocycles. The number of halogens is 2. The van der Waals surface area contributed by atoms with Gasteiger partial charge in [-0.05, 0) is 46.0 Å². The molecule has 0 bridgehead atoms. The third-order valence-corrected chi connectivity index (χ3v) is 3.96. The Kier molecular flexibility index (Phi) is 6.83. The minimum absolute atomic E-state index is 0.225. The summed E-state index contributed by atoms with van der Waals surface area (Å²) in [5, 5.41) is 3.88. The molecule has 5 heteroatoms. The Morgan fingerprint density at radius 3 is 2.68 bits per heavy atom. The number of hydrogen-bond acceptors (Lipinski definition) is 3. The second-order valence-corrected chi connectivity index (χ2v) is 6.10. The molecule has 19 heavy (non-hydrogen) atoms. The molecule has 1 rings (SSSR count). The van der Waals surface area contributed by atoms with Crippen molar-refractivity contribution >= 4 is 33.5 Å². The van der Waals surface area contributed by atoms with Gasteiger partial charge in [-0.15, -0.1) is 0 Å². The van der Waals surface area contributed by atoms with Crippen molar-refractivity contribution in [3.63, 3.8) is 0 Å². The van der Waals surface area contributed by atoms with Crippen LogP contribution in [0.4, 0.5) is 0 Å². The summed E-state index contributed by atoms with van der Waals surface area (Å²) in [5.74, 6) is 0.196. The standard InChI is InChI=1S/C14H19BrClNO2/c1-9(2)6-13(14(18)19-3)17-8-10-4-5-11(15)12(16)7-10/h4-5,7,9,13,17H,6,8H2,1-3H3. The number of hydrogen-bond donors (Lipinski definition) is 1. The van der Waals surface area contributed by atoms with Crippen LogP contribution in [-0.4, -0.2) is 19.1 Å². The van der Waals surface area contributed by atoms with Crippen LogP contribution in [0, 0.1) is 5.92 Å². The number of rotatable bonds is 6. The predicted molar refractivity (Wildman–Crippen MR) is 81.3 cm³/mol. The quantitative estimate of drug-likeness (QED) is 0.795. The van der Waals surface area contributed by atoms with E-state index in [1.807, 2.05) is 18.2 Å². The van der Waals surface area contributed by atoms with Gasteiger partial charge in [0.2, 0.25) is 0 Å². The van der Waals surface area contributed by atoms with E-state index < -0.39 is 0 Å². The minimum atomic E-state index is -0.285. The fraction of sp³-hybridized carbons (Fsp3) is 0.500. The van der Waals surface area contributed by atoms with Crippen LogP contribution >= 0.6 is 27.5 Å². The first-order chi connectivity index (χ1) is 8.93. The van der Waals surface area contributed by atoms with E-state index in [2.05, 4.69) is 35.1 Å². The second kappa shape index (κ2) is 7.88. The first-order valence-electron chi connectivity index (χ1n) is 6.19. The van der Waals surface area contributed by atoms with Gasteiger partial charge in [0.15, 0.2) is 0 Å². The Morgan fingerprint density at radius 1 is 1.47 bits per heavy atom. The van der Waals surface area contributed by atoms with E-state index in [0.717, 1.165) is 16.5 Å². The molecule has 0 saturated heterocycles. The zero-order chi connectivity index (χ0) is 14.4. The molecule has 1 N–H and O–H groups in total. The zero-order valence-corrected chi connectivity index (χ0v) is 13.7. The summed E-state index contributed by atoms with van der Waals surface area (Å²) in [5.41, 5.74) is 1.03. The third kappa shape index (κ3) is 5.51. The van der Waals surface area contributed by atoms with E-state index in [0.29, 0.717) is 17.5 Å². The first-order valence-corrected chi connectivity index (χ1v) is 7.36. The van der Waals surface area contributed by atoms with Crippen molar-refractivity contribution in [3.8, 4) is 0 Å². The molecule has 0 fully saturated rings. The fourth-order valence-electron chi connectivity index (χ4n) is 1.77. The number of carbonyl (C=O) groups is 1. The molecule has 3 nitrogen and oxygen atoms in total. The molecule has 0 aliphatic carbocycles. The lowest BCUT2D eigenvalue weighted by molar-refractivity contribution is -0.143. The van der Waals surface area contributed by atoms with E-state index in [9.17, 15) is 4.79 Å². The van der Waals surface area contributed by atoms with Gasteiger partial charge in [0.05, 0.1) is 12.1 Å². The van der Waals surface area contributed by atoms with Crippen molar-refractivity contribution in [3.05, 3.63) is 33.3 Å². The van der Waals surface area contributed by atoms with Crippen molar-refractivity contribution in [1.29, 1.82) is 0 Å². The van der Waals surface area contributed by atoms with E-state index in [4.69, 9.17) is 16.3 Å². The maximum absolute atomic E-state index is 11.7. The Morgan fingerprint density at radius 2 is 2.16 bits per heavy atom. The highest BCUT2D eigenvalue weighted by Gasteiger charge is 2.19. The van der Waals surface area contributed by atoms with Crippen LogP contribution in [0.15, 0.2) is 22.7 Å². The molecule has 0 radical (unpaired) electrons. The van der Waals surface area contributed by atoms with Crippen molar-refractivity contribution < 1.29 is 9.53 Å². The molecule has 1 aromatic carbocycles. The number of benzene rings is 1. The largest absolute Gasteiger partial charge is 0.468 e. The van der Waals surface area contributed by atoms with Gasteiger partial charge in [-0.25, -0.2) is 0 Å². The molecule has 0 saturated carbocycles. The maximum Gasteiger partial charge on any atom is 0.322 e. The Bertz CT molecular complexity index is 437. The van der Waals surface area contributed by atoms with Gasteiger partial charge in [-0.3, -0.25) is 4.79 Å². The summed E-state index contributed by atoms with van der Waals surface area (Å²) >= 11 is 9.39. The van der Waals surface area contributed by atoms with Crippen LogP contribution in [-0.2, 0) is 16.1 Å². The van der Waals surface area contributed by atoms with Crippen LogP contribution in [0.5, 0.6) is 0 Å². The minimum Gasteiger partial charge on any atom is -0.468 e. The summed E-state index contributed by atoms with van der Waals surface area (Å²) in [7, 11) is 1.41. The number of methoxy groups -OCH3 is 1. The van der Waals surface area contributed by atoms with Crippen LogP contribution in [0.25, 0.3) is 0 Å². The van der Waals surface area contributed by atoms with Crippen LogP contribution in [0.1, 0.15) is 25.8 Å². The molecule has 1 atom stereocenters. The van der Waals surface area contributed by atoms with Crippen molar-refractivity contribution in [2.75, 3.05) is 7.11 Å². The molecule has 0 aliphatic heterocycles. The summed E-state index contributed by atoms with van der Waals surface area (Å²) in [6.07, 6.45) is 0.747. The molecular formula is C14H19BrClNO2. The van der Waals surface area contributed by atoms with Crippen molar-refractivity contribution in [2.24, 2.45) is 5.92 Å². The van der Waals surface area contributed by atoms with E-state index in [1.165, 1.54) is 7.11 Å². The van der Waals surface area contributed by atoms with E-state index in [-0.39, 0.29) is 12.0 Å². The lowest BCUT2D eigenvalue weighted by Gasteiger charge is -2.18. The number of nitrogens with one attached hydrogen (secondary N) is 1. The topological polar surface area (TPSA) is 38.3 Å². The van der Waals surface area contributed by atoms with Gasteiger partial charge < -0.3 is 10.1 Å². The van der Waals surface area contributed by atoms with Gasteiger partial charge in [0.1, 0.15) is 6.04 Å². The number of carbonyl (C=O) groups excluding carboxylic acids is 1. The van der Waals surface area contributed by atoms with Gasteiger partial charge in [-0.2, -0.15) is 0 Å². The average Bonchev–Trinajstić information content (AvgIpc) is 2.37. The van der Waals surface area contributed by atoms with Gasteiger partial charge in [0, 0.05) is 11.0 Å². The molecule has 1 unspecified atom stereocenters. The molecule has 0 spiro atoms.